The zero-order chi connectivity index (χ0) is 14.5. The molecule has 0 bridgehead atoms. The van der Waals surface area contributed by atoms with Gasteiger partial charge in [-0.15, -0.1) is 0 Å². The number of rotatable bonds is 4. The Morgan fingerprint density at radius 2 is 1.55 bits per heavy atom. The van der Waals surface area contributed by atoms with Crippen molar-refractivity contribution in [3.63, 3.8) is 0 Å². The van der Waals surface area contributed by atoms with Crippen molar-refractivity contribution in [1.29, 1.82) is 0 Å². The molecule has 1 atom stereocenters. The highest BCUT2D eigenvalue weighted by Gasteiger charge is 2.20. The number of benzene rings is 2. The van der Waals surface area contributed by atoms with Gasteiger partial charge in [-0.25, -0.2) is 0 Å². The molecular weight excluding hydrogens is 258 g/mol. The van der Waals surface area contributed by atoms with Gasteiger partial charge >= 0.3 is 0 Å². The van der Waals surface area contributed by atoms with Crippen LogP contribution in [0.3, 0.4) is 0 Å². The van der Waals surface area contributed by atoms with Crippen molar-refractivity contribution in [2.24, 2.45) is 0 Å². The maximum Gasteiger partial charge on any atom is 0.257 e. The molecule has 0 saturated heterocycles. The molecule has 2 aromatic rings. The minimum Gasteiger partial charge on any atom is -0.507 e. The average molecular weight is 271 g/mol. The quantitative estimate of drug-likeness (QED) is 0.578. The van der Waals surface area contributed by atoms with Crippen molar-refractivity contribution in [3.05, 3.63) is 65.7 Å². The molecule has 3 N–H and O–H groups in total. The van der Waals surface area contributed by atoms with Gasteiger partial charge in [-0.1, -0.05) is 42.5 Å². The molecule has 0 heterocycles. The Bertz CT molecular complexity index is 625. The van der Waals surface area contributed by atoms with E-state index in [1.807, 2.05) is 0 Å². The van der Waals surface area contributed by atoms with E-state index in [-0.39, 0.29) is 16.9 Å². The number of amides is 1. The van der Waals surface area contributed by atoms with E-state index in [1.165, 1.54) is 24.3 Å². The molecule has 0 aliphatic rings. The van der Waals surface area contributed by atoms with Crippen LogP contribution < -0.4 is 5.32 Å². The second-order valence-electron chi connectivity index (χ2n) is 4.12. The summed E-state index contributed by atoms with van der Waals surface area (Å²) < 4.78 is 0. The maximum absolute atomic E-state index is 11.9. The van der Waals surface area contributed by atoms with Gasteiger partial charge in [0.05, 0.1) is 5.56 Å². The van der Waals surface area contributed by atoms with Crippen molar-refractivity contribution in [2.75, 3.05) is 0 Å². The summed E-state index contributed by atoms with van der Waals surface area (Å²) in [6.07, 6.45) is -1.66. The molecule has 0 aromatic heterocycles. The molecule has 5 heteroatoms. The Balaban J connectivity index is 2.09. The van der Waals surface area contributed by atoms with Gasteiger partial charge in [0, 0.05) is 5.56 Å². The highest BCUT2D eigenvalue weighted by Crippen LogP contribution is 2.15. The van der Waals surface area contributed by atoms with Crippen LogP contribution >= 0.6 is 0 Å². The van der Waals surface area contributed by atoms with Crippen LogP contribution in [0.1, 0.15) is 20.7 Å². The lowest BCUT2D eigenvalue weighted by atomic mass is 10.1. The summed E-state index contributed by atoms with van der Waals surface area (Å²) in [5.74, 6) is -1.56. The van der Waals surface area contributed by atoms with Crippen LogP contribution in [0.2, 0.25) is 0 Å². The van der Waals surface area contributed by atoms with Gasteiger partial charge in [0.1, 0.15) is 5.75 Å². The van der Waals surface area contributed by atoms with Crippen molar-refractivity contribution in [3.8, 4) is 5.75 Å². The van der Waals surface area contributed by atoms with Crippen molar-refractivity contribution < 1.29 is 19.8 Å². The number of aliphatic hydroxyl groups excluding tert-OH is 1. The molecule has 2 rings (SSSR count). The molecule has 102 valence electrons. The Hall–Kier alpha value is -2.66. The lowest BCUT2D eigenvalue weighted by Gasteiger charge is -2.12. The van der Waals surface area contributed by atoms with Crippen molar-refractivity contribution in [1.82, 2.24) is 5.32 Å². The summed E-state index contributed by atoms with van der Waals surface area (Å²) in [5.41, 5.74) is 0.282. The zero-order valence-electron chi connectivity index (χ0n) is 10.5. The Morgan fingerprint density at radius 3 is 2.20 bits per heavy atom. The first-order chi connectivity index (χ1) is 9.59. The molecular formula is C15H13NO4. The zero-order valence-corrected chi connectivity index (χ0v) is 10.5. The lowest BCUT2D eigenvalue weighted by Crippen LogP contribution is -2.40. The Kier molecular flexibility index (Phi) is 4.12. The van der Waals surface area contributed by atoms with Gasteiger partial charge in [0.15, 0.2) is 6.23 Å². The minimum absolute atomic E-state index is 0.00703. The number of hydrogen-bond donors (Lipinski definition) is 3. The number of phenols is 1. The van der Waals surface area contributed by atoms with Gasteiger partial charge in [-0.05, 0) is 12.1 Å². The molecule has 0 fully saturated rings. The fraction of sp³-hybridized carbons (Fsp3) is 0.0667. The molecule has 5 nitrogen and oxygen atoms in total. The summed E-state index contributed by atoms with van der Waals surface area (Å²) in [7, 11) is 0. The van der Waals surface area contributed by atoms with E-state index in [1.54, 1.807) is 30.3 Å². The number of ketones is 1. The molecule has 0 aliphatic carbocycles. The van der Waals surface area contributed by atoms with Crippen LogP contribution in [0.15, 0.2) is 54.6 Å². The second kappa shape index (κ2) is 5.99. The van der Waals surface area contributed by atoms with E-state index in [9.17, 15) is 19.8 Å². The molecule has 1 amide bonds. The summed E-state index contributed by atoms with van der Waals surface area (Å²) in [5, 5.41) is 21.4. The highest BCUT2D eigenvalue weighted by molar-refractivity contribution is 6.04. The third-order valence-electron chi connectivity index (χ3n) is 2.72. The Morgan fingerprint density at radius 1 is 0.950 bits per heavy atom. The number of para-hydroxylation sites is 1. The fourth-order valence-electron chi connectivity index (χ4n) is 1.69. The molecule has 2 aromatic carbocycles. The van der Waals surface area contributed by atoms with Gasteiger partial charge in [-0.2, -0.15) is 0 Å². The number of aromatic hydroxyl groups is 1. The molecule has 0 aliphatic heterocycles. The second-order valence-corrected chi connectivity index (χ2v) is 4.12. The van der Waals surface area contributed by atoms with E-state index in [4.69, 9.17) is 0 Å². The average Bonchev–Trinajstić information content (AvgIpc) is 2.47. The van der Waals surface area contributed by atoms with E-state index >= 15 is 0 Å². The first-order valence-electron chi connectivity index (χ1n) is 5.96. The molecule has 20 heavy (non-hydrogen) atoms. The summed E-state index contributed by atoms with van der Waals surface area (Å²) in [6.45, 7) is 0. The first-order valence-corrected chi connectivity index (χ1v) is 5.96. The Labute approximate surface area is 115 Å². The number of phenolic OH excluding ortho intramolecular Hbond substituents is 1. The summed E-state index contributed by atoms with van der Waals surface area (Å²) in [4.78, 5) is 23.7. The number of hydrogen-bond acceptors (Lipinski definition) is 4. The summed E-state index contributed by atoms with van der Waals surface area (Å²) >= 11 is 0. The number of carbonyl (C=O) groups is 2. The SMILES string of the molecule is O=C(NC(O)C(=O)c1ccccc1)c1ccccc1O. The van der Waals surface area contributed by atoms with Gasteiger partial charge in [0.2, 0.25) is 5.78 Å². The molecule has 0 radical (unpaired) electrons. The largest absolute Gasteiger partial charge is 0.507 e. The van der Waals surface area contributed by atoms with E-state index in [0.717, 1.165) is 0 Å². The maximum atomic E-state index is 11.9. The topological polar surface area (TPSA) is 86.6 Å². The van der Waals surface area contributed by atoms with Crippen LogP contribution in [-0.2, 0) is 0 Å². The third kappa shape index (κ3) is 3.02. The van der Waals surface area contributed by atoms with Crippen LogP contribution in [0.4, 0.5) is 0 Å². The standard InChI is InChI=1S/C15H13NO4/c17-12-9-5-4-8-11(12)14(19)16-15(20)13(18)10-6-2-1-3-7-10/h1-9,15,17,20H,(H,16,19). The van der Waals surface area contributed by atoms with Crippen molar-refractivity contribution >= 4 is 11.7 Å². The van der Waals surface area contributed by atoms with Gasteiger partial charge < -0.3 is 15.5 Å². The third-order valence-corrected chi connectivity index (χ3v) is 2.72. The van der Waals surface area contributed by atoms with E-state index in [2.05, 4.69) is 5.32 Å². The summed E-state index contributed by atoms with van der Waals surface area (Å²) in [6, 6.07) is 14.0. The first kappa shape index (κ1) is 13.8. The molecule has 0 saturated carbocycles. The molecule has 0 spiro atoms. The number of Topliss-reactive ketones (excluding diaryl/α,β-unsaturated/α-hetero) is 1. The predicted molar refractivity (Wildman–Crippen MR) is 72.4 cm³/mol. The van der Waals surface area contributed by atoms with Crippen LogP contribution in [-0.4, -0.2) is 28.1 Å². The monoisotopic (exact) mass is 271 g/mol. The van der Waals surface area contributed by atoms with E-state index < -0.39 is 17.9 Å². The number of aliphatic hydroxyl groups is 1. The number of nitrogens with one attached hydrogen (secondary N) is 1. The highest BCUT2D eigenvalue weighted by atomic mass is 16.3. The van der Waals surface area contributed by atoms with Gasteiger partial charge in [-0.3, -0.25) is 9.59 Å². The van der Waals surface area contributed by atoms with Crippen LogP contribution in [0.25, 0.3) is 0 Å². The van der Waals surface area contributed by atoms with E-state index in [0.29, 0.717) is 0 Å². The lowest BCUT2D eigenvalue weighted by molar-refractivity contribution is 0.0606. The molecule has 1 unspecified atom stereocenters. The van der Waals surface area contributed by atoms with Crippen molar-refractivity contribution in [2.45, 2.75) is 6.23 Å². The number of carbonyl (C=O) groups excluding carboxylic acids is 2. The van der Waals surface area contributed by atoms with Gasteiger partial charge in [0.25, 0.3) is 5.91 Å². The smallest absolute Gasteiger partial charge is 0.257 e. The van der Waals surface area contributed by atoms with Crippen LogP contribution in [0.5, 0.6) is 5.75 Å². The predicted octanol–water partition coefficient (Wildman–Crippen LogP) is 1.32. The minimum atomic E-state index is -1.66. The normalized spacial score (nSPS) is 11.7. The fourth-order valence-corrected chi connectivity index (χ4v) is 1.69. The van der Waals surface area contributed by atoms with Crippen LogP contribution in [0, 0.1) is 0 Å².